The number of nitrogens with one attached hydrogen (secondary N) is 1. The highest BCUT2D eigenvalue weighted by Crippen LogP contribution is 2.07. The molecule has 1 aliphatic heterocycles. The summed E-state index contributed by atoms with van der Waals surface area (Å²) in [6.45, 7) is 2.86. The van der Waals surface area contributed by atoms with Crippen LogP contribution in [0.5, 0.6) is 0 Å². The van der Waals surface area contributed by atoms with Gasteiger partial charge in [-0.25, -0.2) is 13.1 Å². The molecule has 0 radical (unpaired) electrons. The number of rotatable bonds is 5. The molecule has 1 heterocycles. The third kappa shape index (κ3) is 3.43. The van der Waals surface area contributed by atoms with E-state index in [0.29, 0.717) is 0 Å². The van der Waals surface area contributed by atoms with Crippen LogP contribution >= 0.6 is 0 Å². The number of hydrogen-bond acceptors (Lipinski definition) is 4. The van der Waals surface area contributed by atoms with Crippen molar-refractivity contribution in [3.8, 4) is 0 Å². The molecule has 1 atom stereocenters. The maximum Gasteiger partial charge on any atom is 0.237 e. The van der Waals surface area contributed by atoms with E-state index in [1.807, 2.05) is 0 Å². The summed E-state index contributed by atoms with van der Waals surface area (Å²) in [5.74, 6) is -0.162. The molecule has 94 valence electrons. The lowest BCUT2D eigenvalue weighted by molar-refractivity contribution is -0.128. The molecule has 3 N–H and O–H groups in total. The fraction of sp³-hybridized carbons (Fsp3) is 0.889. The average Bonchev–Trinajstić information content (AvgIpc) is 2.78. The Balaban J connectivity index is 2.41. The Bertz CT molecular complexity index is 336. The van der Waals surface area contributed by atoms with Gasteiger partial charge in [-0.2, -0.15) is 0 Å². The first-order chi connectivity index (χ1) is 7.47. The minimum absolute atomic E-state index is 0.0488. The molecule has 16 heavy (non-hydrogen) atoms. The third-order valence-electron chi connectivity index (χ3n) is 2.74. The van der Waals surface area contributed by atoms with Crippen LogP contribution in [0, 0.1) is 0 Å². The molecule has 0 saturated carbocycles. The maximum atomic E-state index is 11.6. The summed E-state index contributed by atoms with van der Waals surface area (Å²) < 4.78 is 25.3. The summed E-state index contributed by atoms with van der Waals surface area (Å²) in [6, 6.07) is 0. The number of carbonyl (C=O) groups excluding carboxylic acids is 1. The van der Waals surface area contributed by atoms with Gasteiger partial charge in [0.1, 0.15) is 0 Å². The van der Waals surface area contributed by atoms with Crippen LogP contribution in [0.4, 0.5) is 0 Å². The van der Waals surface area contributed by atoms with Gasteiger partial charge >= 0.3 is 0 Å². The zero-order chi connectivity index (χ0) is 12.2. The topological polar surface area (TPSA) is 92.5 Å². The van der Waals surface area contributed by atoms with Gasteiger partial charge in [-0.1, -0.05) is 0 Å². The monoisotopic (exact) mass is 249 g/mol. The maximum absolute atomic E-state index is 11.6. The summed E-state index contributed by atoms with van der Waals surface area (Å²) in [5, 5.41) is -0.668. The van der Waals surface area contributed by atoms with E-state index in [4.69, 9.17) is 5.73 Å². The predicted octanol–water partition coefficient (Wildman–Crippen LogP) is -1.12. The Morgan fingerprint density at radius 2 is 2.00 bits per heavy atom. The number of nitrogens with two attached hydrogens (primary N) is 1. The van der Waals surface area contributed by atoms with E-state index in [-0.39, 0.29) is 19.0 Å². The van der Waals surface area contributed by atoms with Crippen molar-refractivity contribution in [1.29, 1.82) is 0 Å². The summed E-state index contributed by atoms with van der Waals surface area (Å²) in [5.41, 5.74) is 5.27. The van der Waals surface area contributed by atoms with Crippen LogP contribution in [-0.2, 0) is 14.8 Å². The summed E-state index contributed by atoms with van der Waals surface area (Å²) >= 11 is 0. The van der Waals surface area contributed by atoms with Crippen molar-refractivity contribution in [3.05, 3.63) is 0 Å². The van der Waals surface area contributed by atoms with Gasteiger partial charge in [0.2, 0.25) is 15.9 Å². The Hall–Kier alpha value is -0.660. The van der Waals surface area contributed by atoms with E-state index in [0.717, 1.165) is 25.9 Å². The van der Waals surface area contributed by atoms with Crippen molar-refractivity contribution >= 4 is 15.9 Å². The normalized spacial score (nSPS) is 18.8. The second kappa shape index (κ2) is 5.60. The fourth-order valence-electron chi connectivity index (χ4n) is 1.51. The quantitative estimate of drug-likeness (QED) is 0.645. The summed E-state index contributed by atoms with van der Waals surface area (Å²) in [6.07, 6.45) is 2.00. The van der Waals surface area contributed by atoms with Gasteiger partial charge in [0.05, 0.1) is 11.8 Å². The first-order valence-electron chi connectivity index (χ1n) is 5.43. The number of likely N-dealkylation sites (tertiary alicyclic amines) is 1. The zero-order valence-corrected chi connectivity index (χ0v) is 10.3. The van der Waals surface area contributed by atoms with Crippen LogP contribution in [0.25, 0.3) is 0 Å². The smallest absolute Gasteiger partial charge is 0.237 e. The average molecular weight is 249 g/mol. The van der Waals surface area contributed by atoms with Crippen molar-refractivity contribution in [3.63, 3.8) is 0 Å². The second-order valence-corrected chi connectivity index (χ2v) is 6.18. The minimum atomic E-state index is -3.46. The molecule has 0 aromatic carbocycles. The molecule has 1 unspecified atom stereocenters. The van der Waals surface area contributed by atoms with Gasteiger partial charge in [-0.15, -0.1) is 0 Å². The van der Waals surface area contributed by atoms with Gasteiger partial charge < -0.3 is 10.6 Å². The Morgan fingerprint density at radius 3 is 2.50 bits per heavy atom. The fourth-order valence-corrected chi connectivity index (χ4v) is 2.37. The van der Waals surface area contributed by atoms with E-state index in [2.05, 4.69) is 4.72 Å². The zero-order valence-electron chi connectivity index (χ0n) is 9.48. The van der Waals surface area contributed by atoms with Gasteiger partial charge in [-0.3, -0.25) is 4.79 Å². The molecule has 1 fully saturated rings. The molecular weight excluding hydrogens is 230 g/mol. The molecular formula is C9H19N3O3S. The first kappa shape index (κ1) is 13.4. The second-order valence-electron chi connectivity index (χ2n) is 4.00. The molecule has 6 nitrogen and oxygen atoms in total. The molecule has 1 saturated heterocycles. The number of sulfonamides is 1. The van der Waals surface area contributed by atoms with Crippen molar-refractivity contribution in [2.24, 2.45) is 5.73 Å². The SMILES string of the molecule is CC(CN)S(=O)(=O)NCC(=O)N1CCCC1. The lowest BCUT2D eigenvalue weighted by Crippen LogP contribution is -2.43. The van der Waals surface area contributed by atoms with E-state index >= 15 is 0 Å². The van der Waals surface area contributed by atoms with E-state index in [9.17, 15) is 13.2 Å². The Kier molecular flexibility index (Phi) is 4.69. The van der Waals surface area contributed by atoms with Crippen LogP contribution in [0.1, 0.15) is 19.8 Å². The molecule has 0 aliphatic carbocycles. The van der Waals surface area contributed by atoms with Crippen molar-refractivity contribution in [2.45, 2.75) is 25.0 Å². The lowest BCUT2D eigenvalue weighted by atomic mass is 10.4. The van der Waals surface area contributed by atoms with E-state index in [1.165, 1.54) is 6.92 Å². The van der Waals surface area contributed by atoms with Gasteiger partial charge in [0, 0.05) is 19.6 Å². The molecule has 0 spiro atoms. The summed E-state index contributed by atoms with van der Waals surface area (Å²) in [4.78, 5) is 13.2. The number of carbonyl (C=O) groups is 1. The number of amides is 1. The molecule has 0 aromatic rings. The molecule has 0 bridgehead atoms. The van der Waals surface area contributed by atoms with Crippen LogP contribution < -0.4 is 10.5 Å². The van der Waals surface area contributed by atoms with Crippen molar-refractivity contribution < 1.29 is 13.2 Å². The predicted molar refractivity (Wildman–Crippen MR) is 61.3 cm³/mol. The number of hydrogen-bond donors (Lipinski definition) is 2. The lowest BCUT2D eigenvalue weighted by Gasteiger charge is -2.17. The highest BCUT2D eigenvalue weighted by atomic mass is 32.2. The molecule has 0 aromatic heterocycles. The van der Waals surface area contributed by atoms with Gasteiger partial charge in [0.15, 0.2) is 0 Å². The first-order valence-corrected chi connectivity index (χ1v) is 6.98. The summed E-state index contributed by atoms with van der Waals surface area (Å²) in [7, 11) is -3.46. The standard InChI is InChI=1S/C9H19N3O3S/c1-8(6-10)16(14,15)11-7-9(13)12-4-2-3-5-12/h8,11H,2-7,10H2,1H3. The molecule has 1 amide bonds. The largest absolute Gasteiger partial charge is 0.342 e. The Morgan fingerprint density at radius 1 is 1.44 bits per heavy atom. The molecule has 1 rings (SSSR count). The van der Waals surface area contributed by atoms with E-state index in [1.54, 1.807) is 4.90 Å². The van der Waals surface area contributed by atoms with Crippen molar-refractivity contribution in [1.82, 2.24) is 9.62 Å². The highest BCUT2D eigenvalue weighted by Gasteiger charge is 2.22. The van der Waals surface area contributed by atoms with Crippen LogP contribution in [0.3, 0.4) is 0 Å². The minimum Gasteiger partial charge on any atom is -0.342 e. The van der Waals surface area contributed by atoms with Crippen LogP contribution in [0.15, 0.2) is 0 Å². The highest BCUT2D eigenvalue weighted by molar-refractivity contribution is 7.90. The molecule has 1 aliphatic rings. The number of nitrogens with zero attached hydrogens (tertiary/aromatic N) is 1. The molecule has 7 heteroatoms. The van der Waals surface area contributed by atoms with E-state index < -0.39 is 15.3 Å². The van der Waals surface area contributed by atoms with Crippen LogP contribution in [0.2, 0.25) is 0 Å². The van der Waals surface area contributed by atoms with Gasteiger partial charge in [-0.05, 0) is 19.8 Å². The van der Waals surface area contributed by atoms with Gasteiger partial charge in [0.25, 0.3) is 0 Å². The third-order valence-corrected chi connectivity index (χ3v) is 4.54. The Labute approximate surface area is 96.2 Å². The van der Waals surface area contributed by atoms with Crippen molar-refractivity contribution in [2.75, 3.05) is 26.2 Å². The van der Waals surface area contributed by atoms with Crippen LogP contribution in [-0.4, -0.2) is 50.7 Å².